The first kappa shape index (κ1) is 58.4. The molecule has 1 N–H and O–H groups in total. The van der Waals surface area contributed by atoms with E-state index in [4.69, 9.17) is 9.47 Å². The Kier molecular flexibility index (Phi) is 50.3. The molecule has 5 nitrogen and oxygen atoms in total. The SMILES string of the molecule is CCCCCCC/C=C\C/C=C\CCCCCCCCCCCCCCCCCCCCCCCC(=O)OC(CO)COC(=O)CCCCCCCCCCCCCCC. The van der Waals surface area contributed by atoms with Crippen LogP contribution in [-0.2, 0) is 19.1 Å². The molecule has 1 unspecified atom stereocenters. The highest BCUT2D eigenvalue weighted by molar-refractivity contribution is 5.70. The summed E-state index contributed by atoms with van der Waals surface area (Å²) in [5.41, 5.74) is 0. The molecule has 0 aliphatic rings. The molecule has 0 aliphatic heterocycles. The zero-order chi connectivity index (χ0) is 43.5. The van der Waals surface area contributed by atoms with Gasteiger partial charge in [0, 0.05) is 12.8 Å². The summed E-state index contributed by atoms with van der Waals surface area (Å²) < 4.78 is 10.7. The van der Waals surface area contributed by atoms with Crippen LogP contribution in [-0.4, -0.2) is 36.4 Å². The molecular formula is C55H104O5. The van der Waals surface area contributed by atoms with Crippen LogP contribution in [0, 0.1) is 0 Å². The number of carbonyl (C=O) groups excluding carboxylic acids is 2. The van der Waals surface area contributed by atoms with Crippen LogP contribution in [0.5, 0.6) is 0 Å². The first-order valence-corrected chi connectivity index (χ1v) is 26.9. The molecule has 0 rings (SSSR count). The van der Waals surface area contributed by atoms with Crippen LogP contribution in [0.1, 0.15) is 296 Å². The van der Waals surface area contributed by atoms with E-state index < -0.39 is 6.10 Å². The minimum atomic E-state index is -0.765. The molecule has 0 spiro atoms. The molecule has 0 amide bonds. The van der Waals surface area contributed by atoms with Gasteiger partial charge < -0.3 is 14.6 Å². The lowest BCUT2D eigenvalue weighted by Crippen LogP contribution is -2.28. The predicted octanol–water partition coefficient (Wildman–Crippen LogP) is 17.8. The van der Waals surface area contributed by atoms with Gasteiger partial charge >= 0.3 is 11.9 Å². The van der Waals surface area contributed by atoms with Crippen molar-refractivity contribution in [2.75, 3.05) is 13.2 Å². The third-order valence-electron chi connectivity index (χ3n) is 12.2. The molecule has 5 heteroatoms. The topological polar surface area (TPSA) is 72.8 Å². The van der Waals surface area contributed by atoms with Crippen molar-refractivity contribution in [2.24, 2.45) is 0 Å². The molecule has 0 fully saturated rings. The average molecular weight is 845 g/mol. The molecule has 0 saturated carbocycles. The maximum atomic E-state index is 12.3. The zero-order valence-electron chi connectivity index (χ0n) is 40.5. The highest BCUT2D eigenvalue weighted by Gasteiger charge is 2.16. The monoisotopic (exact) mass is 845 g/mol. The van der Waals surface area contributed by atoms with Gasteiger partial charge in [0.2, 0.25) is 0 Å². The minimum absolute atomic E-state index is 0.0586. The molecule has 0 aromatic rings. The number of aliphatic hydroxyl groups excluding tert-OH is 1. The first-order chi connectivity index (χ1) is 29.6. The van der Waals surface area contributed by atoms with Gasteiger partial charge in [-0.2, -0.15) is 0 Å². The number of unbranched alkanes of at least 4 members (excludes halogenated alkanes) is 38. The van der Waals surface area contributed by atoms with Gasteiger partial charge in [-0.15, -0.1) is 0 Å². The maximum absolute atomic E-state index is 12.3. The van der Waals surface area contributed by atoms with E-state index in [2.05, 4.69) is 38.2 Å². The Morgan fingerprint density at radius 1 is 0.383 bits per heavy atom. The van der Waals surface area contributed by atoms with E-state index in [9.17, 15) is 14.7 Å². The normalized spacial score (nSPS) is 12.2. The van der Waals surface area contributed by atoms with E-state index in [1.54, 1.807) is 0 Å². The smallest absolute Gasteiger partial charge is 0.306 e. The summed E-state index contributed by atoms with van der Waals surface area (Å²) in [6, 6.07) is 0. The summed E-state index contributed by atoms with van der Waals surface area (Å²) in [5, 5.41) is 9.61. The lowest BCUT2D eigenvalue weighted by molar-refractivity contribution is -0.161. The Labute approximate surface area is 374 Å². The third-order valence-corrected chi connectivity index (χ3v) is 12.2. The number of hydrogen-bond acceptors (Lipinski definition) is 5. The molecule has 0 aromatic carbocycles. The largest absolute Gasteiger partial charge is 0.462 e. The van der Waals surface area contributed by atoms with E-state index in [1.807, 2.05) is 0 Å². The quantitative estimate of drug-likeness (QED) is 0.0375. The van der Waals surface area contributed by atoms with E-state index in [0.717, 1.165) is 38.5 Å². The van der Waals surface area contributed by atoms with Gasteiger partial charge in [-0.1, -0.05) is 263 Å². The van der Waals surface area contributed by atoms with Gasteiger partial charge in [-0.05, 0) is 44.9 Å². The Morgan fingerprint density at radius 3 is 0.983 bits per heavy atom. The summed E-state index contributed by atoms with van der Waals surface area (Å²) in [6.07, 6.45) is 64.4. The fourth-order valence-electron chi connectivity index (χ4n) is 8.18. The number of allylic oxidation sites excluding steroid dienone is 4. The summed E-state index contributed by atoms with van der Waals surface area (Å²) in [6.45, 7) is 4.16. The standard InChI is InChI=1S/C55H104O5/c1-3-5-7-9-11-13-15-17-18-19-20-21-22-23-24-25-26-27-28-29-30-31-32-33-34-35-36-38-40-42-44-46-48-50-55(58)60-53(51-56)52-59-54(57)49-47-45-43-41-39-37-16-14-12-10-8-6-4-2/h15,17,19-20,53,56H,3-14,16,18,21-52H2,1-2H3/b17-15-,20-19-. The lowest BCUT2D eigenvalue weighted by atomic mass is 10.0. The second kappa shape index (κ2) is 51.7. The minimum Gasteiger partial charge on any atom is -0.462 e. The van der Waals surface area contributed by atoms with Crippen molar-refractivity contribution in [2.45, 2.75) is 302 Å². The highest BCUT2D eigenvalue weighted by Crippen LogP contribution is 2.17. The van der Waals surface area contributed by atoms with Gasteiger partial charge in [0.25, 0.3) is 0 Å². The highest BCUT2D eigenvalue weighted by atomic mass is 16.6. The lowest BCUT2D eigenvalue weighted by Gasteiger charge is -2.15. The molecule has 354 valence electrons. The van der Waals surface area contributed by atoms with Gasteiger partial charge in [0.15, 0.2) is 6.10 Å². The summed E-state index contributed by atoms with van der Waals surface area (Å²) in [7, 11) is 0. The van der Waals surface area contributed by atoms with Crippen LogP contribution in [0.25, 0.3) is 0 Å². The number of hydrogen-bond donors (Lipinski definition) is 1. The van der Waals surface area contributed by atoms with Crippen LogP contribution in [0.4, 0.5) is 0 Å². The Morgan fingerprint density at radius 2 is 0.667 bits per heavy atom. The van der Waals surface area contributed by atoms with Crippen molar-refractivity contribution in [3.05, 3.63) is 24.3 Å². The Balaban J connectivity index is 3.39. The van der Waals surface area contributed by atoms with Crippen molar-refractivity contribution in [3.8, 4) is 0 Å². The zero-order valence-corrected chi connectivity index (χ0v) is 40.5. The van der Waals surface area contributed by atoms with Crippen molar-refractivity contribution in [1.29, 1.82) is 0 Å². The number of aliphatic hydroxyl groups is 1. The van der Waals surface area contributed by atoms with Crippen molar-refractivity contribution < 1.29 is 24.2 Å². The van der Waals surface area contributed by atoms with Crippen LogP contribution < -0.4 is 0 Å². The van der Waals surface area contributed by atoms with E-state index in [0.29, 0.717) is 12.8 Å². The fourth-order valence-corrected chi connectivity index (χ4v) is 8.18. The average Bonchev–Trinajstić information content (AvgIpc) is 3.25. The molecule has 0 bridgehead atoms. The first-order valence-electron chi connectivity index (χ1n) is 26.9. The predicted molar refractivity (Wildman–Crippen MR) is 261 cm³/mol. The molecule has 0 aliphatic carbocycles. The van der Waals surface area contributed by atoms with Crippen molar-refractivity contribution in [1.82, 2.24) is 0 Å². The molecular weight excluding hydrogens is 741 g/mol. The number of carbonyl (C=O) groups is 2. The van der Waals surface area contributed by atoms with Crippen molar-refractivity contribution >= 4 is 11.9 Å². The Bertz CT molecular complexity index is 913. The van der Waals surface area contributed by atoms with Crippen molar-refractivity contribution in [3.63, 3.8) is 0 Å². The van der Waals surface area contributed by atoms with Crippen LogP contribution >= 0.6 is 0 Å². The summed E-state index contributed by atoms with van der Waals surface area (Å²) >= 11 is 0. The maximum Gasteiger partial charge on any atom is 0.306 e. The third kappa shape index (κ3) is 49.0. The molecule has 0 heterocycles. The van der Waals surface area contributed by atoms with Gasteiger partial charge in [0.1, 0.15) is 6.61 Å². The number of rotatable bonds is 50. The summed E-state index contributed by atoms with van der Waals surface area (Å²) in [4.78, 5) is 24.4. The second-order valence-corrected chi connectivity index (χ2v) is 18.3. The van der Waals surface area contributed by atoms with E-state index in [-0.39, 0.29) is 25.2 Å². The van der Waals surface area contributed by atoms with Gasteiger partial charge in [0.05, 0.1) is 6.61 Å². The molecule has 0 aromatic heterocycles. The van der Waals surface area contributed by atoms with Crippen LogP contribution in [0.2, 0.25) is 0 Å². The van der Waals surface area contributed by atoms with E-state index >= 15 is 0 Å². The van der Waals surface area contributed by atoms with E-state index in [1.165, 1.54) is 231 Å². The van der Waals surface area contributed by atoms with Gasteiger partial charge in [-0.3, -0.25) is 9.59 Å². The molecule has 60 heavy (non-hydrogen) atoms. The molecule has 1 atom stereocenters. The summed E-state index contributed by atoms with van der Waals surface area (Å²) in [5.74, 6) is -0.573. The van der Waals surface area contributed by atoms with Crippen LogP contribution in [0.15, 0.2) is 24.3 Å². The number of ether oxygens (including phenoxy) is 2. The molecule has 0 radical (unpaired) electrons. The molecule has 0 saturated heterocycles. The second-order valence-electron chi connectivity index (χ2n) is 18.3. The fraction of sp³-hybridized carbons (Fsp3) is 0.891. The van der Waals surface area contributed by atoms with Gasteiger partial charge in [-0.25, -0.2) is 0 Å². The van der Waals surface area contributed by atoms with Crippen LogP contribution in [0.3, 0.4) is 0 Å². The Hall–Kier alpha value is -1.62. The number of esters is 2.